The van der Waals surface area contributed by atoms with E-state index < -0.39 is 0 Å². The van der Waals surface area contributed by atoms with Gasteiger partial charge in [0.05, 0.1) is 24.6 Å². The number of methoxy groups -OCH3 is 1. The zero-order chi connectivity index (χ0) is 11.5. The third-order valence-corrected chi connectivity index (χ3v) is 2.28. The predicted octanol–water partition coefficient (Wildman–Crippen LogP) is 2.10. The highest BCUT2D eigenvalue weighted by molar-refractivity contribution is 6.11. The fourth-order valence-corrected chi connectivity index (χ4v) is 1.46. The molecule has 2 N–H and O–H groups in total. The van der Waals surface area contributed by atoms with E-state index in [1.54, 1.807) is 30.3 Å². The first kappa shape index (κ1) is 10.3. The van der Waals surface area contributed by atoms with Gasteiger partial charge in [-0.25, -0.2) is 0 Å². The third-order valence-electron chi connectivity index (χ3n) is 2.28. The second kappa shape index (κ2) is 4.10. The monoisotopic (exact) mass is 217 g/mol. The molecule has 0 amide bonds. The molecule has 4 heteroatoms. The van der Waals surface area contributed by atoms with Crippen LogP contribution in [0.15, 0.2) is 41.0 Å². The third kappa shape index (κ3) is 1.65. The Bertz CT molecular complexity index is 503. The molecule has 16 heavy (non-hydrogen) atoms. The van der Waals surface area contributed by atoms with Crippen LogP contribution in [0.2, 0.25) is 0 Å². The van der Waals surface area contributed by atoms with Gasteiger partial charge in [-0.15, -0.1) is 0 Å². The Hall–Kier alpha value is -2.23. The summed E-state index contributed by atoms with van der Waals surface area (Å²) in [4.78, 5) is 12.0. The van der Waals surface area contributed by atoms with Crippen LogP contribution < -0.4 is 10.5 Å². The maximum atomic E-state index is 12.0. The van der Waals surface area contributed by atoms with Crippen LogP contribution in [0.1, 0.15) is 16.1 Å². The van der Waals surface area contributed by atoms with Crippen LogP contribution in [0.4, 0.5) is 5.69 Å². The number of anilines is 1. The lowest BCUT2D eigenvalue weighted by Crippen LogP contribution is -2.05. The molecule has 4 nitrogen and oxygen atoms in total. The molecule has 0 saturated carbocycles. The summed E-state index contributed by atoms with van der Waals surface area (Å²) in [6.45, 7) is 0. The highest BCUT2D eigenvalue weighted by atomic mass is 16.5. The van der Waals surface area contributed by atoms with E-state index in [-0.39, 0.29) is 11.5 Å². The molecule has 0 unspecified atom stereocenters. The van der Waals surface area contributed by atoms with Crippen LogP contribution in [-0.4, -0.2) is 12.9 Å². The van der Waals surface area contributed by atoms with Gasteiger partial charge in [0.15, 0.2) is 5.76 Å². The summed E-state index contributed by atoms with van der Waals surface area (Å²) in [6, 6.07) is 8.31. The summed E-state index contributed by atoms with van der Waals surface area (Å²) in [7, 11) is 1.51. The van der Waals surface area contributed by atoms with E-state index in [0.29, 0.717) is 17.0 Å². The Kier molecular flexibility index (Phi) is 2.64. The van der Waals surface area contributed by atoms with Crippen LogP contribution in [0.5, 0.6) is 5.75 Å². The number of carbonyl (C=O) groups is 1. The smallest absolute Gasteiger partial charge is 0.230 e. The van der Waals surface area contributed by atoms with Gasteiger partial charge in [-0.05, 0) is 24.3 Å². The predicted molar refractivity (Wildman–Crippen MR) is 59.5 cm³/mol. The first-order valence-corrected chi connectivity index (χ1v) is 4.74. The molecule has 1 heterocycles. The average Bonchev–Trinajstić information content (AvgIpc) is 2.82. The van der Waals surface area contributed by atoms with Crippen LogP contribution in [-0.2, 0) is 0 Å². The van der Waals surface area contributed by atoms with Crippen molar-refractivity contribution < 1.29 is 13.9 Å². The molecule has 0 aliphatic rings. The minimum atomic E-state index is -0.249. The van der Waals surface area contributed by atoms with Crippen molar-refractivity contribution in [2.75, 3.05) is 12.8 Å². The van der Waals surface area contributed by atoms with Crippen molar-refractivity contribution in [1.29, 1.82) is 0 Å². The first-order chi connectivity index (χ1) is 7.74. The quantitative estimate of drug-likeness (QED) is 0.631. The summed E-state index contributed by atoms with van der Waals surface area (Å²) in [5.74, 6) is 0.499. The van der Waals surface area contributed by atoms with Crippen LogP contribution in [0.3, 0.4) is 0 Å². The molecule has 0 atom stereocenters. The molecule has 0 aliphatic carbocycles. The second-order valence-corrected chi connectivity index (χ2v) is 3.23. The molecule has 0 aliphatic heterocycles. The van der Waals surface area contributed by atoms with E-state index >= 15 is 0 Å². The molecule has 0 saturated heterocycles. The lowest BCUT2D eigenvalue weighted by molar-refractivity contribution is 0.101. The summed E-state index contributed by atoms with van der Waals surface area (Å²) >= 11 is 0. The van der Waals surface area contributed by atoms with Crippen LogP contribution >= 0.6 is 0 Å². The fraction of sp³-hybridized carbons (Fsp3) is 0.0833. The van der Waals surface area contributed by atoms with Crippen molar-refractivity contribution in [2.24, 2.45) is 0 Å². The molecule has 82 valence electrons. The van der Waals surface area contributed by atoms with Crippen LogP contribution in [0, 0.1) is 0 Å². The number of hydrogen-bond donors (Lipinski definition) is 1. The molecule has 1 aromatic heterocycles. The lowest BCUT2D eigenvalue weighted by atomic mass is 10.1. The maximum Gasteiger partial charge on any atom is 0.230 e. The Labute approximate surface area is 92.6 Å². The minimum absolute atomic E-state index is 0.249. The Balaban J connectivity index is 2.45. The van der Waals surface area contributed by atoms with Gasteiger partial charge < -0.3 is 14.9 Å². The van der Waals surface area contributed by atoms with Crippen molar-refractivity contribution in [3.8, 4) is 5.75 Å². The lowest BCUT2D eigenvalue weighted by Gasteiger charge is -2.07. The van der Waals surface area contributed by atoms with E-state index in [0.717, 1.165) is 0 Å². The molecular formula is C12H11NO3. The molecule has 1 aromatic carbocycles. The van der Waals surface area contributed by atoms with Gasteiger partial charge in [-0.2, -0.15) is 0 Å². The topological polar surface area (TPSA) is 65.5 Å². The van der Waals surface area contributed by atoms with E-state index in [4.69, 9.17) is 14.9 Å². The molecular weight excluding hydrogens is 206 g/mol. The summed E-state index contributed by atoms with van der Waals surface area (Å²) in [6.07, 6.45) is 1.45. The zero-order valence-corrected chi connectivity index (χ0v) is 8.77. The van der Waals surface area contributed by atoms with E-state index in [1.807, 2.05) is 0 Å². The van der Waals surface area contributed by atoms with Gasteiger partial charge >= 0.3 is 0 Å². The number of hydrogen-bond acceptors (Lipinski definition) is 4. The number of benzene rings is 1. The molecule has 0 fully saturated rings. The number of ether oxygens (including phenoxy) is 1. The number of rotatable bonds is 3. The molecule has 2 aromatic rings. The van der Waals surface area contributed by atoms with E-state index in [9.17, 15) is 4.79 Å². The van der Waals surface area contributed by atoms with Crippen molar-refractivity contribution in [3.63, 3.8) is 0 Å². The largest absolute Gasteiger partial charge is 0.495 e. The highest BCUT2D eigenvalue weighted by Gasteiger charge is 2.16. The van der Waals surface area contributed by atoms with Gasteiger partial charge in [-0.3, -0.25) is 4.79 Å². The number of carbonyl (C=O) groups excluding carboxylic acids is 1. The SMILES string of the molecule is COc1cccc(C(=O)c2ccco2)c1N. The van der Waals surface area contributed by atoms with Gasteiger partial charge in [0.2, 0.25) is 5.78 Å². The fourth-order valence-electron chi connectivity index (χ4n) is 1.46. The zero-order valence-electron chi connectivity index (χ0n) is 8.77. The number of nitrogens with two attached hydrogens (primary N) is 1. The average molecular weight is 217 g/mol. The minimum Gasteiger partial charge on any atom is -0.495 e. The second-order valence-electron chi connectivity index (χ2n) is 3.23. The Morgan fingerprint density at radius 1 is 1.31 bits per heavy atom. The van der Waals surface area contributed by atoms with E-state index in [2.05, 4.69) is 0 Å². The van der Waals surface area contributed by atoms with Gasteiger partial charge in [0, 0.05) is 0 Å². The number of ketones is 1. The molecule has 0 radical (unpaired) electrons. The van der Waals surface area contributed by atoms with Gasteiger partial charge in [0.25, 0.3) is 0 Å². The number of para-hydroxylation sites is 1. The summed E-state index contributed by atoms with van der Waals surface area (Å²) < 4.78 is 10.1. The first-order valence-electron chi connectivity index (χ1n) is 4.74. The number of nitrogen functional groups attached to an aromatic ring is 1. The Morgan fingerprint density at radius 2 is 2.12 bits per heavy atom. The van der Waals surface area contributed by atoms with E-state index in [1.165, 1.54) is 13.4 Å². The summed E-state index contributed by atoms with van der Waals surface area (Å²) in [5.41, 5.74) is 6.52. The maximum absolute atomic E-state index is 12.0. The molecule has 2 rings (SSSR count). The highest BCUT2D eigenvalue weighted by Crippen LogP contribution is 2.26. The van der Waals surface area contributed by atoms with Crippen molar-refractivity contribution >= 4 is 11.5 Å². The number of furan rings is 1. The standard InChI is InChI=1S/C12H11NO3/c1-15-9-5-2-4-8(11(9)13)12(14)10-6-3-7-16-10/h2-7H,13H2,1H3. The van der Waals surface area contributed by atoms with Crippen LogP contribution in [0.25, 0.3) is 0 Å². The normalized spacial score (nSPS) is 10.1. The van der Waals surface area contributed by atoms with Crippen molar-refractivity contribution in [1.82, 2.24) is 0 Å². The van der Waals surface area contributed by atoms with Gasteiger partial charge in [-0.1, -0.05) is 6.07 Å². The van der Waals surface area contributed by atoms with Crippen molar-refractivity contribution in [2.45, 2.75) is 0 Å². The van der Waals surface area contributed by atoms with Gasteiger partial charge in [0.1, 0.15) is 5.75 Å². The molecule has 0 bridgehead atoms. The van der Waals surface area contributed by atoms with Crippen molar-refractivity contribution in [3.05, 3.63) is 47.9 Å². The Morgan fingerprint density at radius 3 is 2.75 bits per heavy atom. The summed E-state index contributed by atoms with van der Waals surface area (Å²) in [5, 5.41) is 0. The molecule has 0 spiro atoms.